The van der Waals surface area contributed by atoms with Crippen LogP contribution in [-0.2, 0) is 11.2 Å². The van der Waals surface area contributed by atoms with Gasteiger partial charge in [-0.1, -0.05) is 23.7 Å². The largest absolute Gasteiger partial charge is 0.489 e. The Labute approximate surface area is 122 Å². The number of rotatable bonds is 4. The summed E-state index contributed by atoms with van der Waals surface area (Å²) in [6.07, 6.45) is 0. The number of halogens is 1. The summed E-state index contributed by atoms with van der Waals surface area (Å²) in [6, 6.07) is 11.5. The van der Waals surface area contributed by atoms with Gasteiger partial charge in [-0.3, -0.25) is 4.57 Å². The summed E-state index contributed by atoms with van der Waals surface area (Å²) >= 11 is 5.86. The van der Waals surface area contributed by atoms with Crippen LogP contribution in [0.3, 0.4) is 0 Å². The molecule has 0 unspecified atom stereocenters. The first kappa shape index (κ1) is 15.1. The molecule has 0 heterocycles. The predicted molar refractivity (Wildman–Crippen MR) is 78.6 cm³/mol. The number of hydrogen-bond acceptors (Lipinski definition) is 2. The minimum absolute atomic E-state index is 0.00794. The SMILES string of the molecule is Cc1cc(Cl)ccc1OCc1cccc(P(=O)(O)O)c1. The molecule has 0 aliphatic carbocycles. The Morgan fingerprint density at radius 2 is 1.95 bits per heavy atom. The van der Waals surface area contributed by atoms with E-state index >= 15 is 0 Å². The normalized spacial score (nSPS) is 11.4. The lowest BCUT2D eigenvalue weighted by Crippen LogP contribution is -2.06. The Balaban J connectivity index is 2.13. The van der Waals surface area contributed by atoms with E-state index in [4.69, 9.17) is 26.1 Å². The number of ether oxygens (including phenoxy) is 1. The van der Waals surface area contributed by atoms with Crippen molar-refractivity contribution >= 4 is 24.5 Å². The molecule has 4 nitrogen and oxygen atoms in total. The molecule has 20 heavy (non-hydrogen) atoms. The van der Waals surface area contributed by atoms with E-state index in [1.165, 1.54) is 12.1 Å². The average Bonchev–Trinajstić information content (AvgIpc) is 2.37. The third-order valence-electron chi connectivity index (χ3n) is 2.78. The van der Waals surface area contributed by atoms with Gasteiger partial charge in [0.2, 0.25) is 0 Å². The topological polar surface area (TPSA) is 66.8 Å². The molecule has 0 fully saturated rings. The smallest absolute Gasteiger partial charge is 0.356 e. The summed E-state index contributed by atoms with van der Waals surface area (Å²) < 4.78 is 16.8. The van der Waals surface area contributed by atoms with Gasteiger partial charge in [0, 0.05) is 5.02 Å². The molecule has 2 aromatic carbocycles. The third-order valence-corrected chi connectivity index (χ3v) is 3.96. The van der Waals surface area contributed by atoms with Crippen molar-refractivity contribution in [2.24, 2.45) is 0 Å². The molecule has 2 rings (SSSR count). The Kier molecular flexibility index (Phi) is 4.51. The fraction of sp³-hybridized carbons (Fsp3) is 0.143. The lowest BCUT2D eigenvalue weighted by atomic mass is 10.2. The van der Waals surface area contributed by atoms with Gasteiger partial charge in [-0.05, 0) is 48.4 Å². The van der Waals surface area contributed by atoms with Gasteiger partial charge in [-0.15, -0.1) is 0 Å². The van der Waals surface area contributed by atoms with E-state index in [0.29, 0.717) is 16.3 Å². The maximum absolute atomic E-state index is 11.2. The van der Waals surface area contributed by atoms with Gasteiger partial charge in [-0.25, -0.2) is 0 Å². The quantitative estimate of drug-likeness (QED) is 0.852. The standard InChI is InChI=1S/C14H14ClO4P/c1-10-7-12(15)5-6-14(10)19-9-11-3-2-4-13(8-11)20(16,17)18/h2-8H,9H2,1H3,(H2,16,17,18). The molecule has 0 spiro atoms. The second-order valence-electron chi connectivity index (χ2n) is 4.41. The molecule has 6 heteroatoms. The highest BCUT2D eigenvalue weighted by molar-refractivity contribution is 7.60. The van der Waals surface area contributed by atoms with Gasteiger partial charge in [0.1, 0.15) is 12.4 Å². The Morgan fingerprint density at radius 1 is 1.20 bits per heavy atom. The van der Waals surface area contributed by atoms with Gasteiger partial charge in [0.05, 0.1) is 5.30 Å². The van der Waals surface area contributed by atoms with Gasteiger partial charge in [0.15, 0.2) is 0 Å². The average molecular weight is 313 g/mol. The van der Waals surface area contributed by atoms with Crippen LogP contribution in [0.15, 0.2) is 42.5 Å². The molecule has 0 saturated carbocycles. The van der Waals surface area contributed by atoms with Crippen LogP contribution in [0.1, 0.15) is 11.1 Å². The van der Waals surface area contributed by atoms with Gasteiger partial charge in [0.25, 0.3) is 0 Å². The van der Waals surface area contributed by atoms with Crippen molar-refractivity contribution in [1.29, 1.82) is 0 Å². The van der Waals surface area contributed by atoms with E-state index in [9.17, 15) is 4.57 Å². The minimum atomic E-state index is -4.23. The van der Waals surface area contributed by atoms with E-state index in [2.05, 4.69) is 0 Å². The molecule has 2 N–H and O–H groups in total. The van der Waals surface area contributed by atoms with Crippen LogP contribution >= 0.6 is 19.2 Å². The van der Waals surface area contributed by atoms with Crippen LogP contribution in [0.4, 0.5) is 0 Å². The Bertz CT molecular complexity index is 666. The Morgan fingerprint density at radius 3 is 2.60 bits per heavy atom. The first-order valence-corrected chi connectivity index (χ1v) is 7.89. The van der Waals surface area contributed by atoms with Gasteiger partial charge >= 0.3 is 7.60 Å². The maximum Gasteiger partial charge on any atom is 0.356 e. The molecule has 0 bridgehead atoms. The third kappa shape index (κ3) is 3.84. The first-order chi connectivity index (χ1) is 9.36. The number of hydrogen-bond donors (Lipinski definition) is 2. The molecule has 0 amide bonds. The van der Waals surface area contributed by atoms with Crippen molar-refractivity contribution < 1.29 is 19.1 Å². The highest BCUT2D eigenvalue weighted by Crippen LogP contribution is 2.33. The molecule has 0 atom stereocenters. The van der Waals surface area contributed by atoms with Crippen molar-refractivity contribution in [1.82, 2.24) is 0 Å². The van der Waals surface area contributed by atoms with Gasteiger partial charge in [-0.2, -0.15) is 0 Å². The molecule has 0 aliphatic rings. The molecule has 2 aromatic rings. The van der Waals surface area contributed by atoms with Crippen LogP contribution in [0.5, 0.6) is 5.75 Å². The summed E-state index contributed by atoms with van der Waals surface area (Å²) in [7, 11) is -4.23. The lowest BCUT2D eigenvalue weighted by Gasteiger charge is -2.11. The zero-order valence-corrected chi connectivity index (χ0v) is 12.4. The number of aryl methyl sites for hydroxylation is 1. The van der Waals surface area contributed by atoms with Crippen molar-refractivity contribution in [2.75, 3.05) is 0 Å². The summed E-state index contributed by atoms with van der Waals surface area (Å²) in [5.41, 5.74) is 1.60. The van der Waals surface area contributed by atoms with E-state index in [0.717, 1.165) is 5.56 Å². The van der Waals surface area contributed by atoms with Crippen molar-refractivity contribution in [3.63, 3.8) is 0 Å². The van der Waals surface area contributed by atoms with E-state index < -0.39 is 7.60 Å². The molecular formula is C14H14ClO4P. The van der Waals surface area contributed by atoms with Crippen LogP contribution in [-0.4, -0.2) is 9.79 Å². The van der Waals surface area contributed by atoms with Crippen LogP contribution in [0.25, 0.3) is 0 Å². The summed E-state index contributed by atoms with van der Waals surface area (Å²) in [5.74, 6) is 0.691. The zero-order valence-electron chi connectivity index (χ0n) is 10.8. The maximum atomic E-state index is 11.2. The van der Waals surface area contributed by atoms with Crippen LogP contribution in [0, 0.1) is 6.92 Å². The molecular weight excluding hydrogens is 299 g/mol. The molecule has 0 aliphatic heterocycles. The van der Waals surface area contributed by atoms with Crippen molar-refractivity contribution in [2.45, 2.75) is 13.5 Å². The van der Waals surface area contributed by atoms with Crippen molar-refractivity contribution in [3.05, 3.63) is 58.6 Å². The second kappa shape index (κ2) is 5.98. The van der Waals surface area contributed by atoms with E-state index in [-0.39, 0.29) is 11.9 Å². The molecule has 0 radical (unpaired) electrons. The van der Waals surface area contributed by atoms with Crippen LogP contribution in [0.2, 0.25) is 5.02 Å². The minimum Gasteiger partial charge on any atom is -0.489 e. The lowest BCUT2D eigenvalue weighted by molar-refractivity contribution is 0.304. The summed E-state index contributed by atoms with van der Waals surface area (Å²) in [6.45, 7) is 2.11. The van der Waals surface area contributed by atoms with E-state index in [1.807, 2.05) is 6.92 Å². The molecule has 106 valence electrons. The monoisotopic (exact) mass is 312 g/mol. The zero-order chi connectivity index (χ0) is 14.8. The molecule has 0 saturated heterocycles. The van der Waals surface area contributed by atoms with E-state index in [1.54, 1.807) is 30.3 Å². The van der Waals surface area contributed by atoms with Gasteiger partial charge < -0.3 is 14.5 Å². The summed E-state index contributed by atoms with van der Waals surface area (Å²) in [4.78, 5) is 18.3. The highest BCUT2D eigenvalue weighted by atomic mass is 35.5. The fourth-order valence-electron chi connectivity index (χ4n) is 1.76. The fourth-order valence-corrected chi connectivity index (χ4v) is 2.60. The highest BCUT2D eigenvalue weighted by Gasteiger charge is 2.16. The van der Waals surface area contributed by atoms with Crippen LogP contribution < -0.4 is 10.0 Å². The van der Waals surface area contributed by atoms with Crippen molar-refractivity contribution in [3.8, 4) is 5.75 Å². The molecule has 0 aromatic heterocycles. The first-order valence-electron chi connectivity index (χ1n) is 5.90. The number of benzene rings is 2. The Hall–Kier alpha value is -1.32. The predicted octanol–water partition coefficient (Wildman–Crippen LogP) is 3.03. The summed E-state index contributed by atoms with van der Waals surface area (Å²) in [5, 5.41) is 0.629. The second-order valence-corrected chi connectivity index (χ2v) is 6.45.